The van der Waals surface area contributed by atoms with Gasteiger partial charge in [0.05, 0.1) is 12.7 Å². The van der Waals surface area contributed by atoms with Gasteiger partial charge >= 0.3 is 11.9 Å². The van der Waals surface area contributed by atoms with E-state index in [1.54, 1.807) is 11.8 Å². The summed E-state index contributed by atoms with van der Waals surface area (Å²) in [5.74, 6) is -1.39. The summed E-state index contributed by atoms with van der Waals surface area (Å²) in [7, 11) is 1.30. The van der Waals surface area contributed by atoms with Gasteiger partial charge in [0.15, 0.2) is 5.78 Å². The van der Waals surface area contributed by atoms with Crippen molar-refractivity contribution >= 4 is 40.3 Å². The average Bonchev–Trinajstić information content (AvgIpc) is 2.85. The lowest BCUT2D eigenvalue weighted by Gasteiger charge is -2.38. The molecule has 0 spiro atoms. The van der Waals surface area contributed by atoms with Crippen LogP contribution in [0.4, 0.5) is 0 Å². The molecule has 1 aliphatic carbocycles. The quantitative estimate of drug-likeness (QED) is 0.339. The van der Waals surface area contributed by atoms with E-state index in [0.29, 0.717) is 35.6 Å². The van der Waals surface area contributed by atoms with Crippen molar-refractivity contribution in [1.29, 1.82) is 0 Å². The summed E-state index contributed by atoms with van der Waals surface area (Å²) in [6.45, 7) is 6.07. The minimum absolute atomic E-state index is 0.217. The number of hydrogen-bond acceptors (Lipinski definition) is 7. The molecular formula is C28H31NO5S. The van der Waals surface area contributed by atoms with Crippen LogP contribution in [0.1, 0.15) is 38.7 Å². The van der Waals surface area contributed by atoms with Gasteiger partial charge in [0.2, 0.25) is 0 Å². The van der Waals surface area contributed by atoms with Gasteiger partial charge in [-0.1, -0.05) is 56.3 Å². The van der Waals surface area contributed by atoms with Crippen LogP contribution in [0.5, 0.6) is 0 Å². The Kier molecular flexibility index (Phi) is 7.65. The first-order valence-electron chi connectivity index (χ1n) is 11.9. The lowest BCUT2D eigenvalue weighted by Crippen LogP contribution is -2.43. The van der Waals surface area contributed by atoms with E-state index in [1.165, 1.54) is 7.11 Å². The molecule has 35 heavy (non-hydrogen) atoms. The van der Waals surface area contributed by atoms with E-state index >= 15 is 0 Å². The highest BCUT2D eigenvalue weighted by molar-refractivity contribution is 7.99. The Morgan fingerprint density at radius 2 is 1.89 bits per heavy atom. The largest absolute Gasteiger partial charge is 0.468 e. The summed E-state index contributed by atoms with van der Waals surface area (Å²) in [6.07, 6.45) is 0.512. The minimum Gasteiger partial charge on any atom is -0.468 e. The predicted octanol–water partition coefficient (Wildman–Crippen LogP) is 4.75. The third kappa shape index (κ3) is 4.87. The zero-order valence-electron chi connectivity index (χ0n) is 20.6. The van der Waals surface area contributed by atoms with Crippen LogP contribution >= 0.6 is 11.8 Å². The Balaban J connectivity index is 1.82. The first kappa shape index (κ1) is 25.0. The number of Topliss-reactive ketones (excluding diaryl/α,β-unsaturated/α-hetero) is 1. The van der Waals surface area contributed by atoms with E-state index in [9.17, 15) is 14.4 Å². The summed E-state index contributed by atoms with van der Waals surface area (Å²) in [4.78, 5) is 39.8. The number of ketones is 1. The fraction of sp³-hybridized carbons (Fsp3) is 0.393. The highest BCUT2D eigenvalue weighted by Gasteiger charge is 2.47. The first-order valence-corrected chi connectivity index (χ1v) is 13.1. The highest BCUT2D eigenvalue weighted by atomic mass is 32.2. The smallest absolute Gasteiger partial charge is 0.336 e. The molecule has 0 bridgehead atoms. The topological polar surface area (TPSA) is 81.7 Å². The number of hydrogen-bond donors (Lipinski definition) is 1. The number of dihydropyridines is 1. The Morgan fingerprint density at radius 3 is 2.60 bits per heavy atom. The summed E-state index contributed by atoms with van der Waals surface area (Å²) in [6, 6.07) is 13.9. The number of thioether (sulfide) groups is 1. The molecule has 2 aromatic carbocycles. The molecule has 1 aliphatic heterocycles. The van der Waals surface area contributed by atoms with Crippen molar-refractivity contribution < 1.29 is 23.9 Å². The number of methoxy groups -OCH3 is 1. The molecule has 6 nitrogen and oxygen atoms in total. The normalized spacial score (nSPS) is 22.1. The Hall–Kier alpha value is -3.06. The zero-order chi connectivity index (χ0) is 25.1. The van der Waals surface area contributed by atoms with Gasteiger partial charge < -0.3 is 14.8 Å². The molecule has 7 heteroatoms. The molecule has 0 radical (unpaired) electrons. The number of carbonyl (C=O) groups excluding carboxylic acids is 3. The molecule has 0 saturated carbocycles. The van der Waals surface area contributed by atoms with Crippen LogP contribution in [0.25, 0.3) is 10.8 Å². The van der Waals surface area contributed by atoms with Gasteiger partial charge in [-0.3, -0.25) is 9.59 Å². The lowest BCUT2D eigenvalue weighted by atomic mass is 9.69. The molecule has 0 amide bonds. The van der Waals surface area contributed by atoms with E-state index in [4.69, 9.17) is 9.47 Å². The van der Waals surface area contributed by atoms with Crippen LogP contribution in [-0.4, -0.2) is 42.9 Å². The molecule has 1 N–H and O–H groups in total. The van der Waals surface area contributed by atoms with E-state index < -0.39 is 23.8 Å². The summed E-state index contributed by atoms with van der Waals surface area (Å²) < 4.78 is 10.6. The maximum atomic E-state index is 13.8. The molecule has 0 fully saturated rings. The molecule has 2 aliphatic rings. The van der Waals surface area contributed by atoms with Gasteiger partial charge in [0.1, 0.15) is 12.5 Å². The number of benzene rings is 2. The van der Waals surface area contributed by atoms with Crippen LogP contribution in [0.15, 0.2) is 65.0 Å². The molecule has 4 rings (SSSR count). The van der Waals surface area contributed by atoms with Crippen LogP contribution in [0.2, 0.25) is 0 Å². The van der Waals surface area contributed by atoms with Crippen molar-refractivity contribution in [2.75, 3.05) is 25.2 Å². The minimum atomic E-state index is -0.903. The van der Waals surface area contributed by atoms with Gasteiger partial charge in [0, 0.05) is 28.6 Å². The highest BCUT2D eigenvalue weighted by Crippen LogP contribution is 2.45. The number of esters is 2. The monoisotopic (exact) mass is 493 g/mol. The van der Waals surface area contributed by atoms with Crippen LogP contribution in [-0.2, 0) is 23.9 Å². The van der Waals surface area contributed by atoms with Gasteiger partial charge in [-0.2, -0.15) is 11.8 Å². The summed E-state index contributed by atoms with van der Waals surface area (Å²) in [5, 5.41) is 5.38. The second kappa shape index (κ2) is 10.7. The molecule has 1 heterocycles. The fourth-order valence-corrected chi connectivity index (χ4v) is 5.58. The molecule has 0 aromatic heterocycles. The maximum Gasteiger partial charge on any atom is 0.336 e. The van der Waals surface area contributed by atoms with Crippen LogP contribution in [0, 0.1) is 11.8 Å². The van der Waals surface area contributed by atoms with Crippen molar-refractivity contribution in [3.05, 3.63) is 70.6 Å². The number of carbonyl (C=O) groups is 3. The van der Waals surface area contributed by atoms with Crippen molar-refractivity contribution in [2.45, 2.75) is 33.1 Å². The SMILES string of the molecule is CCSCCOC(=O)C1=C(C)NC2=C(C(=O)[C@H](C(=O)OC)[C@H](C)C2)[C@H]1c1ccc2ccccc2c1. The molecule has 0 saturated heterocycles. The van der Waals surface area contributed by atoms with Crippen molar-refractivity contribution in [1.82, 2.24) is 5.32 Å². The van der Waals surface area contributed by atoms with Crippen LogP contribution in [0.3, 0.4) is 0 Å². The second-order valence-electron chi connectivity index (χ2n) is 8.97. The second-order valence-corrected chi connectivity index (χ2v) is 10.4. The average molecular weight is 494 g/mol. The van der Waals surface area contributed by atoms with Gasteiger partial charge in [-0.05, 0) is 41.4 Å². The van der Waals surface area contributed by atoms with E-state index in [2.05, 4.69) is 12.2 Å². The van der Waals surface area contributed by atoms with E-state index in [1.807, 2.05) is 56.3 Å². The van der Waals surface area contributed by atoms with Gasteiger partial charge in [-0.15, -0.1) is 0 Å². The third-order valence-electron chi connectivity index (χ3n) is 6.73. The standard InChI is InChI=1S/C28H31NO5S/c1-5-35-13-12-34-28(32)23-17(3)29-21-14-16(2)22(27(31)33-4)26(30)25(21)24(23)20-11-10-18-8-6-7-9-19(18)15-20/h6-11,15-16,22,24,29H,5,12-14H2,1-4H3/t16-,22-,24+/m1/s1. The maximum absolute atomic E-state index is 13.8. The fourth-order valence-electron chi connectivity index (χ4n) is 5.09. The first-order chi connectivity index (χ1) is 16.9. The Bertz CT molecular complexity index is 1230. The molecular weight excluding hydrogens is 462 g/mol. The summed E-state index contributed by atoms with van der Waals surface area (Å²) in [5.41, 5.74) is 3.11. The molecule has 2 aromatic rings. The van der Waals surface area contributed by atoms with E-state index in [-0.39, 0.29) is 11.7 Å². The molecule has 0 unspecified atom stereocenters. The van der Waals surface area contributed by atoms with Crippen LogP contribution < -0.4 is 5.32 Å². The zero-order valence-corrected chi connectivity index (χ0v) is 21.4. The molecule has 184 valence electrons. The number of nitrogens with one attached hydrogen (secondary N) is 1. The number of fused-ring (bicyclic) bond motifs is 1. The Labute approximate surface area is 210 Å². The van der Waals surface area contributed by atoms with Crippen molar-refractivity contribution in [3.8, 4) is 0 Å². The Morgan fingerprint density at radius 1 is 1.14 bits per heavy atom. The van der Waals surface area contributed by atoms with Crippen molar-refractivity contribution in [3.63, 3.8) is 0 Å². The predicted molar refractivity (Wildman–Crippen MR) is 138 cm³/mol. The van der Waals surface area contributed by atoms with Gasteiger partial charge in [0.25, 0.3) is 0 Å². The molecule has 3 atom stereocenters. The lowest BCUT2D eigenvalue weighted by molar-refractivity contribution is -0.151. The number of rotatable bonds is 7. The number of ether oxygens (including phenoxy) is 2. The van der Waals surface area contributed by atoms with Gasteiger partial charge in [-0.25, -0.2) is 4.79 Å². The van der Waals surface area contributed by atoms with E-state index in [0.717, 1.165) is 27.8 Å². The number of allylic oxidation sites excluding steroid dienone is 3. The summed E-state index contributed by atoms with van der Waals surface area (Å²) >= 11 is 1.70. The third-order valence-corrected chi connectivity index (χ3v) is 7.60. The van der Waals surface area contributed by atoms with Crippen molar-refractivity contribution in [2.24, 2.45) is 11.8 Å².